The summed E-state index contributed by atoms with van der Waals surface area (Å²) < 4.78 is 1.27. The van der Waals surface area contributed by atoms with Crippen LogP contribution in [-0.2, 0) is 11.3 Å². The summed E-state index contributed by atoms with van der Waals surface area (Å²) in [6.07, 6.45) is 0. The van der Waals surface area contributed by atoms with Crippen LogP contribution >= 0.6 is 11.3 Å². The molecule has 0 unspecified atom stereocenters. The number of nitrogens with one attached hydrogen (secondary N) is 2. The van der Waals surface area contributed by atoms with Gasteiger partial charge in [0.1, 0.15) is 6.54 Å². The maximum atomic E-state index is 12.2. The number of nitrogens with zero attached hydrogens (tertiary/aromatic N) is 1. The number of benzene rings is 1. The number of aromatic amines is 1. The molecule has 0 saturated carbocycles. The monoisotopic (exact) mass is 329 g/mol. The lowest BCUT2D eigenvalue weighted by atomic mass is 10.2. The van der Waals surface area contributed by atoms with E-state index >= 15 is 0 Å². The fourth-order valence-electron chi connectivity index (χ4n) is 2.44. The second-order valence-corrected chi connectivity index (χ2v) is 6.15. The van der Waals surface area contributed by atoms with Crippen molar-refractivity contribution in [2.45, 2.75) is 19.5 Å². The summed E-state index contributed by atoms with van der Waals surface area (Å²) in [6, 6.07) is 10.4. The molecule has 2 N–H and O–H groups in total. The summed E-state index contributed by atoms with van der Waals surface area (Å²) in [5.74, 6) is -0.287. The number of aromatic nitrogens is 2. The van der Waals surface area contributed by atoms with Gasteiger partial charge in [-0.05, 0) is 30.5 Å². The average molecular weight is 329 g/mol. The first-order chi connectivity index (χ1) is 11.1. The third-order valence-corrected chi connectivity index (χ3v) is 4.61. The third-order valence-electron chi connectivity index (χ3n) is 3.55. The summed E-state index contributed by atoms with van der Waals surface area (Å²) >= 11 is 1.56. The van der Waals surface area contributed by atoms with E-state index in [4.69, 9.17) is 0 Å². The van der Waals surface area contributed by atoms with E-state index in [1.807, 2.05) is 24.4 Å². The van der Waals surface area contributed by atoms with Crippen LogP contribution in [0.15, 0.2) is 51.4 Å². The van der Waals surface area contributed by atoms with E-state index in [1.54, 1.807) is 35.6 Å². The average Bonchev–Trinajstić information content (AvgIpc) is 3.06. The van der Waals surface area contributed by atoms with Crippen LogP contribution in [0, 0.1) is 0 Å². The molecule has 118 valence electrons. The van der Waals surface area contributed by atoms with Crippen molar-refractivity contribution in [2.75, 3.05) is 0 Å². The Morgan fingerprint density at radius 1 is 1.26 bits per heavy atom. The SMILES string of the molecule is C[C@H](NC(=O)Cn1c(=O)[nH]c(=O)c2ccccc21)c1cccs1. The van der Waals surface area contributed by atoms with Gasteiger partial charge < -0.3 is 5.32 Å². The van der Waals surface area contributed by atoms with Crippen molar-refractivity contribution >= 4 is 28.1 Å². The first kappa shape index (κ1) is 15.2. The highest BCUT2D eigenvalue weighted by molar-refractivity contribution is 7.10. The molecule has 6 nitrogen and oxygen atoms in total. The number of hydrogen-bond acceptors (Lipinski definition) is 4. The van der Waals surface area contributed by atoms with Gasteiger partial charge in [0.15, 0.2) is 0 Å². The molecule has 0 spiro atoms. The lowest BCUT2D eigenvalue weighted by Gasteiger charge is -2.14. The van der Waals surface area contributed by atoms with Crippen molar-refractivity contribution in [2.24, 2.45) is 0 Å². The highest BCUT2D eigenvalue weighted by Crippen LogP contribution is 2.18. The maximum Gasteiger partial charge on any atom is 0.329 e. The van der Waals surface area contributed by atoms with E-state index in [1.165, 1.54) is 4.57 Å². The zero-order chi connectivity index (χ0) is 16.4. The lowest BCUT2D eigenvalue weighted by molar-refractivity contribution is -0.122. The van der Waals surface area contributed by atoms with E-state index in [-0.39, 0.29) is 18.5 Å². The molecule has 3 rings (SSSR count). The number of para-hydroxylation sites is 1. The largest absolute Gasteiger partial charge is 0.347 e. The van der Waals surface area contributed by atoms with Crippen LogP contribution in [0.3, 0.4) is 0 Å². The van der Waals surface area contributed by atoms with Crippen molar-refractivity contribution in [1.29, 1.82) is 0 Å². The van der Waals surface area contributed by atoms with Crippen LogP contribution < -0.4 is 16.6 Å². The van der Waals surface area contributed by atoms with Gasteiger partial charge in [-0.25, -0.2) is 4.79 Å². The molecule has 1 atom stereocenters. The van der Waals surface area contributed by atoms with Gasteiger partial charge in [-0.3, -0.25) is 19.1 Å². The predicted molar refractivity (Wildman–Crippen MR) is 89.7 cm³/mol. The smallest absolute Gasteiger partial charge is 0.329 e. The molecular formula is C16H15N3O3S. The zero-order valence-electron chi connectivity index (χ0n) is 12.4. The first-order valence-corrected chi connectivity index (χ1v) is 7.99. The van der Waals surface area contributed by atoms with Gasteiger partial charge in [-0.2, -0.15) is 0 Å². The number of fused-ring (bicyclic) bond motifs is 1. The fourth-order valence-corrected chi connectivity index (χ4v) is 3.17. The number of thiophene rings is 1. The number of carbonyl (C=O) groups is 1. The molecule has 0 radical (unpaired) electrons. The Bertz CT molecular complexity index is 957. The zero-order valence-corrected chi connectivity index (χ0v) is 13.2. The summed E-state index contributed by atoms with van der Waals surface area (Å²) in [5, 5.41) is 5.18. The van der Waals surface area contributed by atoms with Gasteiger partial charge in [0.25, 0.3) is 5.56 Å². The summed E-state index contributed by atoms with van der Waals surface area (Å²) in [7, 11) is 0. The molecule has 2 heterocycles. The quantitative estimate of drug-likeness (QED) is 0.763. The number of H-pyrrole nitrogens is 1. The van der Waals surface area contributed by atoms with Crippen LogP contribution in [-0.4, -0.2) is 15.5 Å². The Labute approximate surface area is 135 Å². The molecule has 1 aromatic carbocycles. The Kier molecular flexibility index (Phi) is 4.12. The van der Waals surface area contributed by atoms with Crippen LogP contribution in [0.1, 0.15) is 17.8 Å². The highest BCUT2D eigenvalue weighted by atomic mass is 32.1. The molecule has 0 fully saturated rings. The summed E-state index contributed by atoms with van der Waals surface area (Å²) in [4.78, 5) is 39.4. The molecule has 7 heteroatoms. The minimum Gasteiger partial charge on any atom is -0.347 e. The van der Waals surface area contributed by atoms with Crippen LogP contribution in [0.5, 0.6) is 0 Å². The van der Waals surface area contributed by atoms with E-state index in [2.05, 4.69) is 10.3 Å². The van der Waals surface area contributed by atoms with Crippen LogP contribution in [0.2, 0.25) is 0 Å². The van der Waals surface area contributed by atoms with Gasteiger partial charge in [-0.1, -0.05) is 18.2 Å². The fraction of sp³-hybridized carbons (Fsp3) is 0.188. The third kappa shape index (κ3) is 3.09. The van der Waals surface area contributed by atoms with E-state index in [0.717, 1.165) is 4.88 Å². The van der Waals surface area contributed by atoms with E-state index in [9.17, 15) is 14.4 Å². The van der Waals surface area contributed by atoms with Crippen molar-refractivity contribution < 1.29 is 4.79 Å². The standard InChI is InChI=1S/C16H15N3O3S/c1-10(13-7-4-8-23-13)17-14(20)9-19-12-6-3-2-5-11(12)15(21)18-16(19)22/h2-8,10H,9H2,1H3,(H,17,20)(H,18,21,22)/t10-/m0/s1. The second-order valence-electron chi connectivity index (χ2n) is 5.17. The summed E-state index contributed by atoms with van der Waals surface area (Å²) in [5.41, 5.74) is -0.595. The topological polar surface area (TPSA) is 84.0 Å². The molecule has 0 aliphatic heterocycles. The molecule has 1 amide bonds. The van der Waals surface area contributed by atoms with Gasteiger partial charge in [-0.15, -0.1) is 11.3 Å². The molecule has 0 bridgehead atoms. The van der Waals surface area contributed by atoms with Gasteiger partial charge in [0, 0.05) is 4.88 Å². The molecular weight excluding hydrogens is 314 g/mol. The van der Waals surface area contributed by atoms with Crippen LogP contribution in [0.4, 0.5) is 0 Å². The molecule has 0 saturated heterocycles. The summed E-state index contributed by atoms with van der Waals surface area (Å²) in [6.45, 7) is 1.74. The normalized spacial score (nSPS) is 12.2. The minimum atomic E-state index is -0.590. The second kappa shape index (κ2) is 6.21. The Hall–Kier alpha value is -2.67. The van der Waals surface area contributed by atoms with Crippen molar-refractivity contribution in [3.05, 3.63) is 67.5 Å². The van der Waals surface area contributed by atoms with Crippen molar-refractivity contribution in [1.82, 2.24) is 14.9 Å². The molecule has 0 aliphatic rings. The molecule has 2 aromatic heterocycles. The number of carbonyl (C=O) groups excluding carboxylic acids is 1. The number of amides is 1. The Morgan fingerprint density at radius 3 is 2.78 bits per heavy atom. The lowest BCUT2D eigenvalue weighted by Crippen LogP contribution is -2.37. The Morgan fingerprint density at radius 2 is 2.04 bits per heavy atom. The van der Waals surface area contributed by atoms with Crippen molar-refractivity contribution in [3.63, 3.8) is 0 Å². The van der Waals surface area contributed by atoms with Gasteiger partial charge in [0.05, 0.1) is 16.9 Å². The molecule has 3 aromatic rings. The Balaban J connectivity index is 1.88. The number of hydrogen-bond donors (Lipinski definition) is 2. The predicted octanol–water partition coefficient (Wildman–Crippen LogP) is 1.63. The van der Waals surface area contributed by atoms with E-state index in [0.29, 0.717) is 10.9 Å². The molecule has 23 heavy (non-hydrogen) atoms. The van der Waals surface area contributed by atoms with Gasteiger partial charge >= 0.3 is 5.69 Å². The maximum absolute atomic E-state index is 12.2. The number of rotatable bonds is 4. The van der Waals surface area contributed by atoms with Crippen LogP contribution in [0.25, 0.3) is 10.9 Å². The van der Waals surface area contributed by atoms with E-state index < -0.39 is 11.2 Å². The van der Waals surface area contributed by atoms with Gasteiger partial charge in [0.2, 0.25) is 5.91 Å². The van der Waals surface area contributed by atoms with Crippen molar-refractivity contribution in [3.8, 4) is 0 Å². The first-order valence-electron chi connectivity index (χ1n) is 7.11. The molecule has 0 aliphatic carbocycles. The minimum absolute atomic E-state index is 0.132. The highest BCUT2D eigenvalue weighted by Gasteiger charge is 2.14.